The molecular formula is C21H23N3O2. The van der Waals surface area contributed by atoms with Crippen LogP contribution in [0.15, 0.2) is 60.7 Å². The summed E-state index contributed by atoms with van der Waals surface area (Å²) in [6.07, 6.45) is 0. The van der Waals surface area contributed by atoms with Crippen molar-refractivity contribution in [2.24, 2.45) is 0 Å². The van der Waals surface area contributed by atoms with E-state index in [-0.39, 0.29) is 11.9 Å². The Bertz CT molecular complexity index is 959. The van der Waals surface area contributed by atoms with E-state index in [1.807, 2.05) is 50.2 Å². The number of benzene rings is 2. The molecule has 0 bridgehead atoms. The molecule has 134 valence electrons. The maximum atomic E-state index is 12.7. The Morgan fingerprint density at radius 2 is 1.92 bits per heavy atom. The molecule has 0 fully saturated rings. The average Bonchev–Trinajstić information content (AvgIpc) is 2.99. The third-order valence-corrected chi connectivity index (χ3v) is 4.20. The molecule has 2 aromatic carbocycles. The molecule has 5 nitrogen and oxygen atoms in total. The van der Waals surface area contributed by atoms with Crippen molar-refractivity contribution >= 4 is 16.9 Å². The van der Waals surface area contributed by atoms with Crippen LogP contribution in [0.4, 0.5) is 0 Å². The van der Waals surface area contributed by atoms with E-state index in [0.29, 0.717) is 17.9 Å². The highest BCUT2D eigenvalue weighted by Gasteiger charge is 2.20. The van der Waals surface area contributed by atoms with Gasteiger partial charge in [-0.25, -0.2) is 4.98 Å². The van der Waals surface area contributed by atoms with Crippen LogP contribution in [-0.2, 0) is 6.54 Å². The minimum absolute atomic E-state index is 0.191. The van der Waals surface area contributed by atoms with Crippen molar-refractivity contribution in [2.75, 3.05) is 7.11 Å². The fraction of sp³-hybridized carbons (Fsp3) is 0.238. The van der Waals surface area contributed by atoms with Crippen molar-refractivity contribution in [2.45, 2.75) is 26.4 Å². The second kappa shape index (κ2) is 7.44. The van der Waals surface area contributed by atoms with Crippen LogP contribution < -0.4 is 10.1 Å². The van der Waals surface area contributed by atoms with Crippen molar-refractivity contribution < 1.29 is 9.53 Å². The van der Waals surface area contributed by atoms with Crippen molar-refractivity contribution in [3.63, 3.8) is 0 Å². The zero-order valence-corrected chi connectivity index (χ0v) is 15.3. The molecule has 1 aromatic heterocycles. The summed E-state index contributed by atoms with van der Waals surface area (Å²) in [6, 6.07) is 14.9. The molecular weight excluding hydrogens is 326 g/mol. The molecule has 0 saturated carbocycles. The van der Waals surface area contributed by atoms with Gasteiger partial charge in [0.15, 0.2) is 0 Å². The molecule has 1 unspecified atom stereocenters. The number of amides is 1. The Labute approximate surface area is 153 Å². The van der Waals surface area contributed by atoms with Gasteiger partial charge in [-0.3, -0.25) is 4.79 Å². The van der Waals surface area contributed by atoms with Gasteiger partial charge >= 0.3 is 0 Å². The molecule has 0 aliphatic heterocycles. The highest BCUT2D eigenvalue weighted by atomic mass is 16.5. The summed E-state index contributed by atoms with van der Waals surface area (Å²) in [5.74, 6) is 1.16. The van der Waals surface area contributed by atoms with Crippen molar-refractivity contribution in [3.8, 4) is 5.75 Å². The van der Waals surface area contributed by atoms with E-state index >= 15 is 0 Å². The number of allylic oxidation sites excluding steroid dienone is 1. The molecule has 3 aromatic rings. The molecule has 1 heterocycles. The van der Waals surface area contributed by atoms with Gasteiger partial charge in [-0.15, -0.1) is 0 Å². The van der Waals surface area contributed by atoms with E-state index in [1.54, 1.807) is 19.2 Å². The Morgan fingerprint density at radius 3 is 2.65 bits per heavy atom. The number of hydrogen-bond acceptors (Lipinski definition) is 3. The topological polar surface area (TPSA) is 56.2 Å². The van der Waals surface area contributed by atoms with E-state index in [0.717, 1.165) is 22.4 Å². The number of ether oxygens (including phenoxy) is 1. The van der Waals surface area contributed by atoms with E-state index in [4.69, 9.17) is 9.72 Å². The lowest BCUT2D eigenvalue weighted by molar-refractivity contribution is 0.0934. The fourth-order valence-electron chi connectivity index (χ4n) is 3.03. The van der Waals surface area contributed by atoms with E-state index < -0.39 is 0 Å². The predicted octanol–water partition coefficient (Wildman–Crippen LogP) is 4.11. The van der Waals surface area contributed by atoms with Crippen LogP contribution in [0.1, 0.15) is 36.1 Å². The van der Waals surface area contributed by atoms with Crippen LogP contribution in [0.5, 0.6) is 5.75 Å². The van der Waals surface area contributed by atoms with Crippen LogP contribution >= 0.6 is 0 Å². The van der Waals surface area contributed by atoms with Crippen molar-refractivity contribution in [3.05, 3.63) is 72.1 Å². The lowest BCUT2D eigenvalue weighted by Crippen LogP contribution is -2.29. The first-order valence-corrected chi connectivity index (χ1v) is 8.54. The van der Waals surface area contributed by atoms with Gasteiger partial charge in [0.1, 0.15) is 11.6 Å². The first-order valence-electron chi connectivity index (χ1n) is 8.54. The van der Waals surface area contributed by atoms with Gasteiger partial charge in [0, 0.05) is 6.54 Å². The second-order valence-corrected chi connectivity index (χ2v) is 6.40. The zero-order valence-electron chi connectivity index (χ0n) is 15.3. The van der Waals surface area contributed by atoms with E-state index in [9.17, 15) is 4.79 Å². The Balaban J connectivity index is 1.93. The first-order chi connectivity index (χ1) is 12.5. The summed E-state index contributed by atoms with van der Waals surface area (Å²) >= 11 is 0. The number of nitrogens with zero attached hydrogens (tertiary/aromatic N) is 2. The van der Waals surface area contributed by atoms with Gasteiger partial charge < -0.3 is 14.6 Å². The number of aromatic nitrogens is 2. The number of methoxy groups -OCH3 is 1. The fourth-order valence-corrected chi connectivity index (χ4v) is 3.03. The molecule has 5 heteroatoms. The largest absolute Gasteiger partial charge is 0.496 e. The maximum absolute atomic E-state index is 12.7. The van der Waals surface area contributed by atoms with Crippen LogP contribution in [-0.4, -0.2) is 22.6 Å². The molecule has 0 aliphatic carbocycles. The summed E-state index contributed by atoms with van der Waals surface area (Å²) in [5, 5.41) is 3.03. The van der Waals surface area contributed by atoms with E-state index in [1.165, 1.54) is 0 Å². The lowest BCUT2D eigenvalue weighted by atomic mass is 10.1. The Kier molecular flexibility index (Phi) is 5.07. The lowest BCUT2D eigenvalue weighted by Gasteiger charge is -2.17. The standard InChI is InChI=1S/C21H23N3O2/c1-14(2)13-24-18-11-7-6-10-17(18)23-20(24)15(3)22-21(25)16-9-5-8-12-19(16)26-4/h5-12,15H,1,13H2,2-4H3,(H,22,25). The summed E-state index contributed by atoms with van der Waals surface area (Å²) in [5.41, 5.74) is 3.47. The third kappa shape index (κ3) is 3.47. The Morgan fingerprint density at radius 1 is 1.23 bits per heavy atom. The van der Waals surface area contributed by atoms with Crippen LogP contribution in [0.3, 0.4) is 0 Å². The number of carbonyl (C=O) groups is 1. The molecule has 0 saturated heterocycles. The van der Waals surface area contributed by atoms with Gasteiger partial charge in [-0.1, -0.05) is 36.4 Å². The Hall–Kier alpha value is -3.08. The van der Waals surface area contributed by atoms with Gasteiger partial charge in [-0.05, 0) is 38.1 Å². The number of carbonyl (C=O) groups excluding carboxylic acids is 1. The van der Waals surface area contributed by atoms with E-state index in [2.05, 4.69) is 16.5 Å². The predicted molar refractivity (Wildman–Crippen MR) is 103 cm³/mol. The molecule has 0 radical (unpaired) electrons. The molecule has 0 spiro atoms. The zero-order chi connectivity index (χ0) is 18.7. The molecule has 1 N–H and O–H groups in total. The molecule has 1 amide bonds. The third-order valence-electron chi connectivity index (χ3n) is 4.20. The number of nitrogens with one attached hydrogen (secondary N) is 1. The number of hydrogen-bond donors (Lipinski definition) is 1. The highest BCUT2D eigenvalue weighted by molar-refractivity contribution is 5.97. The minimum Gasteiger partial charge on any atom is -0.496 e. The van der Waals surface area contributed by atoms with Crippen molar-refractivity contribution in [1.29, 1.82) is 0 Å². The quantitative estimate of drug-likeness (QED) is 0.681. The van der Waals surface area contributed by atoms with Gasteiger partial charge in [0.25, 0.3) is 5.91 Å². The summed E-state index contributed by atoms with van der Waals surface area (Å²) < 4.78 is 7.39. The molecule has 26 heavy (non-hydrogen) atoms. The normalized spacial score (nSPS) is 12.0. The average molecular weight is 349 g/mol. The molecule has 1 atom stereocenters. The SMILES string of the molecule is C=C(C)Cn1c(C(C)NC(=O)c2ccccc2OC)nc2ccccc21. The number of fused-ring (bicyclic) bond motifs is 1. The number of imidazole rings is 1. The first kappa shape index (κ1) is 17.7. The highest BCUT2D eigenvalue weighted by Crippen LogP contribution is 2.23. The second-order valence-electron chi connectivity index (χ2n) is 6.40. The van der Waals surface area contributed by atoms with Crippen LogP contribution in [0.2, 0.25) is 0 Å². The van der Waals surface area contributed by atoms with Crippen LogP contribution in [0, 0.1) is 0 Å². The molecule has 3 rings (SSSR count). The summed E-state index contributed by atoms with van der Waals surface area (Å²) in [6.45, 7) is 8.59. The number of rotatable bonds is 6. The number of para-hydroxylation sites is 3. The maximum Gasteiger partial charge on any atom is 0.255 e. The van der Waals surface area contributed by atoms with Gasteiger partial charge in [0.05, 0.1) is 29.7 Å². The summed E-state index contributed by atoms with van der Waals surface area (Å²) in [7, 11) is 1.56. The van der Waals surface area contributed by atoms with Gasteiger partial charge in [-0.2, -0.15) is 0 Å². The summed E-state index contributed by atoms with van der Waals surface area (Å²) in [4.78, 5) is 17.4. The monoisotopic (exact) mass is 349 g/mol. The minimum atomic E-state index is -0.265. The van der Waals surface area contributed by atoms with Gasteiger partial charge in [0.2, 0.25) is 0 Å². The van der Waals surface area contributed by atoms with Crippen molar-refractivity contribution in [1.82, 2.24) is 14.9 Å². The molecule has 0 aliphatic rings. The van der Waals surface area contributed by atoms with Crippen LogP contribution in [0.25, 0.3) is 11.0 Å². The smallest absolute Gasteiger partial charge is 0.255 e.